The Labute approximate surface area is 119 Å². The first-order chi connectivity index (χ1) is 8.39. The summed E-state index contributed by atoms with van der Waals surface area (Å²) in [5, 5.41) is 4.47. The molecular weight excluding hydrogens is 290 g/mol. The number of nitrogens with zero attached hydrogens (tertiary/aromatic N) is 3. The summed E-state index contributed by atoms with van der Waals surface area (Å²) in [5.74, 6) is 0. The van der Waals surface area contributed by atoms with Crippen LogP contribution in [0, 0.1) is 12.3 Å². The van der Waals surface area contributed by atoms with Crippen LogP contribution in [0.5, 0.6) is 0 Å². The molecule has 0 aliphatic carbocycles. The van der Waals surface area contributed by atoms with Gasteiger partial charge in [0.2, 0.25) is 0 Å². The van der Waals surface area contributed by atoms with E-state index in [1.165, 1.54) is 42.5 Å². The Morgan fingerprint density at radius 3 is 2.61 bits per heavy atom. The molecule has 0 saturated carbocycles. The lowest BCUT2D eigenvalue weighted by atomic mass is 9.85. The molecule has 1 aliphatic rings. The van der Waals surface area contributed by atoms with Crippen LogP contribution in [-0.2, 0) is 13.6 Å². The lowest BCUT2D eigenvalue weighted by Gasteiger charge is -2.23. The van der Waals surface area contributed by atoms with Gasteiger partial charge in [-0.25, -0.2) is 0 Å². The Hall–Kier alpha value is -0.350. The summed E-state index contributed by atoms with van der Waals surface area (Å²) in [6, 6.07) is 0. The van der Waals surface area contributed by atoms with E-state index in [4.69, 9.17) is 0 Å². The first kappa shape index (κ1) is 14.1. The number of hydrogen-bond acceptors (Lipinski definition) is 2. The second-order valence-electron chi connectivity index (χ2n) is 6.26. The largest absolute Gasteiger partial charge is 0.297 e. The SMILES string of the molecule is Cc1nn(C)c(CN2CCCC(C)(C)CC2)c1Br. The maximum atomic E-state index is 4.47. The van der Waals surface area contributed by atoms with Crippen molar-refractivity contribution in [2.75, 3.05) is 13.1 Å². The van der Waals surface area contributed by atoms with Crippen molar-refractivity contribution in [3.63, 3.8) is 0 Å². The molecule has 0 amide bonds. The van der Waals surface area contributed by atoms with Gasteiger partial charge in [-0.05, 0) is 60.6 Å². The van der Waals surface area contributed by atoms with Crippen LogP contribution in [-0.4, -0.2) is 27.8 Å². The van der Waals surface area contributed by atoms with Gasteiger partial charge in [0.05, 0.1) is 15.9 Å². The van der Waals surface area contributed by atoms with Gasteiger partial charge in [-0.2, -0.15) is 5.10 Å². The minimum absolute atomic E-state index is 0.508. The van der Waals surface area contributed by atoms with Gasteiger partial charge >= 0.3 is 0 Å². The fraction of sp³-hybridized carbons (Fsp3) is 0.786. The number of hydrogen-bond donors (Lipinski definition) is 0. The van der Waals surface area contributed by atoms with E-state index in [1.807, 2.05) is 11.7 Å². The van der Waals surface area contributed by atoms with Crippen LogP contribution in [0.4, 0.5) is 0 Å². The highest BCUT2D eigenvalue weighted by atomic mass is 79.9. The molecule has 2 heterocycles. The zero-order valence-corrected chi connectivity index (χ0v) is 13.5. The minimum atomic E-state index is 0.508. The number of rotatable bonds is 2. The molecule has 3 nitrogen and oxygen atoms in total. The van der Waals surface area contributed by atoms with Gasteiger partial charge in [0.25, 0.3) is 0 Å². The lowest BCUT2D eigenvalue weighted by Crippen LogP contribution is -2.26. The van der Waals surface area contributed by atoms with E-state index in [2.05, 4.69) is 46.7 Å². The van der Waals surface area contributed by atoms with Gasteiger partial charge in [-0.15, -0.1) is 0 Å². The third-order valence-corrected chi connectivity index (χ3v) is 5.10. The Kier molecular flexibility index (Phi) is 4.17. The highest BCUT2D eigenvalue weighted by molar-refractivity contribution is 9.10. The Morgan fingerprint density at radius 2 is 2.00 bits per heavy atom. The quantitative estimate of drug-likeness (QED) is 0.833. The van der Waals surface area contributed by atoms with E-state index in [9.17, 15) is 0 Å². The molecule has 102 valence electrons. The van der Waals surface area contributed by atoms with Crippen LogP contribution in [0.2, 0.25) is 0 Å². The molecule has 0 radical (unpaired) electrons. The fourth-order valence-corrected chi connectivity index (χ4v) is 3.16. The minimum Gasteiger partial charge on any atom is -0.297 e. The van der Waals surface area contributed by atoms with Gasteiger partial charge in [0.15, 0.2) is 0 Å². The highest BCUT2D eigenvalue weighted by Crippen LogP contribution is 2.31. The number of aryl methyl sites for hydroxylation is 2. The fourth-order valence-electron chi connectivity index (χ4n) is 2.70. The van der Waals surface area contributed by atoms with Crippen molar-refractivity contribution in [3.05, 3.63) is 15.9 Å². The molecule has 1 aromatic rings. The van der Waals surface area contributed by atoms with Crippen LogP contribution in [0.15, 0.2) is 4.47 Å². The summed E-state index contributed by atoms with van der Waals surface area (Å²) in [6.07, 6.45) is 3.94. The third kappa shape index (κ3) is 3.15. The first-order valence-corrected chi connectivity index (χ1v) is 7.59. The molecule has 1 aliphatic heterocycles. The standard InChI is InChI=1S/C14H24BrN3/c1-11-13(15)12(17(4)16-11)10-18-8-5-6-14(2,3)7-9-18/h5-10H2,1-4H3. The molecule has 1 saturated heterocycles. The molecule has 0 N–H and O–H groups in total. The first-order valence-electron chi connectivity index (χ1n) is 6.79. The summed E-state index contributed by atoms with van der Waals surface area (Å²) < 4.78 is 3.18. The van der Waals surface area contributed by atoms with Crippen LogP contribution in [0.3, 0.4) is 0 Å². The van der Waals surface area contributed by atoms with Gasteiger partial charge in [-0.3, -0.25) is 9.58 Å². The average Bonchev–Trinajstić information content (AvgIpc) is 2.46. The second-order valence-corrected chi connectivity index (χ2v) is 7.06. The molecule has 1 aromatic heterocycles. The van der Waals surface area contributed by atoms with Crippen LogP contribution in [0.1, 0.15) is 44.5 Å². The highest BCUT2D eigenvalue weighted by Gasteiger charge is 2.24. The molecule has 0 atom stereocenters. The van der Waals surface area contributed by atoms with Crippen molar-refractivity contribution < 1.29 is 0 Å². The number of halogens is 1. The van der Waals surface area contributed by atoms with Crippen LogP contribution in [0.25, 0.3) is 0 Å². The molecule has 18 heavy (non-hydrogen) atoms. The molecule has 0 unspecified atom stereocenters. The predicted octanol–water partition coefficient (Wildman–Crippen LogP) is 3.50. The summed E-state index contributed by atoms with van der Waals surface area (Å²) in [7, 11) is 2.04. The van der Waals surface area contributed by atoms with Crippen molar-refractivity contribution in [1.82, 2.24) is 14.7 Å². The Bertz CT molecular complexity index is 423. The maximum absolute atomic E-state index is 4.47. The summed E-state index contributed by atoms with van der Waals surface area (Å²) in [5.41, 5.74) is 2.89. The van der Waals surface area contributed by atoms with Gasteiger partial charge < -0.3 is 0 Å². The van der Waals surface area contributed by atoms with Crippen molar-refractivity contribution in [2.45, 2.75) is 46.6 Å². The predicted molar refractivity (Wildman–Crippen MR) is 78.6 cm³/mol. The van der Waals surface area contributed by atoms with E-state index < -0.39 is 0 Å². The monoisotopic (exact) mass is 313 g/mol. The zero-order chi connectivity index (χ0) is 13.3. The van der Waals surface area contributed by atoms with Crippen molar-refractivity contribution in [1.29, 1.82) is 0 Å². The second kappa shape index (κ2) is 5.33. The van der Waals surface area contributed by atoms with E-state index in [0.29, 0.717) is 5.41 Å². The molecule has 0 spiro atoms. The smallest absolute Gasteiger partial charge is 0.0739 e. The van der Waals surface area contributed by atoms with Crippen LogP contribution < -0.4 is 0 Å². The molecule has 2 rings (SSSR count). The van der Waals surface area contributed by atoms with Crippen molar-refractivity contribution >= 4 is 15.9 Å². The Balaban J connectivity index is 2.05. The van der Waals surface area contributed by atoms with E-state index in [1.54, 1.807) is 0 Å². The molecule has 1 fully saturated rings. The van der Waals surface area contributed by atoms with E-state index in [0.717, 1.165) is 12.2 Å². The zero-order valence-electron chi connectivity index (χ0n) is 12.0. The summed E-state index contributed by atoms with van der Waals surface area (Å²) >= 11 is 3.66. The molecule has 0 aromatic carbocycles. The van der Waals surface area contributed by atoms with Gasteiger partial charge in [0.1, 0.15) is 0 Å². The molecular formula is C14H24BrN3. The topological polar surface area (TPSA) is 21.1 Å². The van der Waals surface area contributed by atoms with Crippen LogP contribution >= 0.6 is 15.9 Å². The average molecular weight is 314 g/mol. The van der Waals surface area contributed by atoms with Crippen molar-refractivity contribution in [3.8, 4) is 0 Å². The molecule has 4 heteroatoms. The summed E-state index contributed by atoms with van der Waals surface area (Å²) in [6.45, 7) is 10.2. The third-order valence-electron chi connectivity index (χ3n) is 4.07. The molecule has 0 bridgehead atoms. The summed E-state index contributed by atoms with van der Waals surface area (Å²) in [4.78, 5) is 2.57. The number of likely N-dealkylation sites (tertiary alicyclic amines) is 1. The number of aromatic nitrogens is 2. The lowest BCUT2D eigenvalue weighted by molar-refractivity contribution is 0.250. The Morgan fingerprint density at radius 1 is 1.28 bits per heavy atom. The van der Waals surface area contributed by atoms with Gasteiger partial charge in [0, 0.05) is 13.6 Å². The van der Waals surface area contributed by atoms with E-state index in [-0.39, 0.29) is 0 Å². The normalized spacial score (nSPS) is 20.9. The van der Waals surface area contributed by atoms with Crippen molar-refractivity contribution in [2.24, 2.45) is 12.5 Å². The van der Waals surface area contributed by atoms with Gasteiger partial charge in [-0.1, -0.05) is 13.8 Å². The maximum Gasteiger partial charge on any atom is 0.0739 e. The van der Waals surface area contributed by atoms with E-state index >= 15 is 0 Å².